The van der Waals surface area contributed by atoms with Crippen molar-refractivity contribution in [2.24, 2.45) is 0 Å². The van der Waals surface area contributed by atoms with Crippen LogP contribution in [0.25, 0.3) is 5.65 Å². The van der Waals surface area contributed by atoms with Gasteiger partial charge in [0, 0.05) is 6.20 Å². The summed E-state index contributed by atoms with van der Waals surface area (Å²) in [4.78, 5) is 6.17. The number of fused-ring (bicyclic) bond motifs is 1. The molecule has 0 radical (unpaired) electrons. The maximum Gasteiger partial charge on any atom is 0.434 e. The molecular weight excluding hydrogens is 332 g/mol. The highest BCUT2D eigenvalue weighted by atomic mass is 79.9. The van der Waals surface area contributed by atoms with Gasteiger partial charge in [-0.15, -0.1) is 0 Å². The van der Waals surface area contributed by atoms with E-state index in [0.717, 1.165) is 4.40 Å². The van der Waals surface area contributed by atoms with E-state index in [1.54, 1.807) is 0 Å². The van der Waals surface area contributed by atoms with Crippen molar-refractivity contribution in [2.75, 3.05) is 0 Å². The number of alkyl halides is 6. The Bertz CT molecular complexity index is 599. The van der Waals surface area contributed by atoms with E-state index in [2.05, 4.69) is 25.9 Å². The monoisotopic (exact) mass is 333 g/mol. The van der Waals surface area contributed by atoms with Crippen molar-refractivity contribution >= 4 is 21.6 Å². The van der Waals surface area contributed by atoms with Gasteiger partial charge in [0.25, 0.3) is 0 Å². The molecule has 0 amide bonds. The predicted molar refractivity (Wildman–Crippen MR) is 50.7 cm³/mol. The molecule has 0 saturated heterocycles. The molecule has 3 nitrogen and oxygen atoms in total. The van der Waals surface area contributed by atoms with Gasteiger partial charge in [0.05, 0.1) is 4.47 Å². The first-order chi connectivity index (χ1) is 8.10. The lowest BCUT2D eigenvalue weighted by Crippen LogP contribution is -2.10. The highest BCUT2D eigenvalue weighted by Gasteiger charge is 2.38. The molecule has 0 saturated carbocycles. The number of nitrogens with zero attached hydrogens (tertiary/aromatic N) is 3. The first-order valence-corrected chi connectivity index (χ1v) is 5.07. The van der Waals surface area contributed by atoms with E-state index in [-0.39, 0.29) is 0 Å². The number of hydrogen-bond acceptors (Lipinski definition) is 2. The second-order valence-electron chi connectivity index (χ2n) is 3.26. The van der Waals surface area contributed by atoms with Gasteiger partial charge in [-0.1, -0.05) is 0 Å². The summed E-state index contributed by atoms with van der Waals surface area (Å²) in [6.45, 7) is 0. The molecule has 0 aliphatic heterocycles. The molecule has 98 valence electrons. The minimum atomic E-state index is -4.77. The molecule has 0 aliphatic rings. The van der Waals surface area contributed by atoms with E-state index < -0.39 is 33.9 Å². The molecule has 10 heteroatoms. The molecule has 18 heavy (non-hydrogen) atoms. The largest absolute Gasteiger partial charge is 0.434 e. The van der Waals surface area contributed by atoms with E-state index in [0.29, 0.717) is 12.5 Å². The smallest absolute Gasteiger partial charge is 0.289 e. The number of aromatic nitrogens is 3. The molecule has 0 fully saturated rings. The van der Waals surface area contributed by atoms with Crippen LogP contribution in [0.5, 0.6) is 0 Å². The zero-order chi connectivity index (χ0) is 13.7. The summed E-state index contributed by atoms with van der Waals surface area (Å²) in [5.74, 6) is 0. The maximum atomic E-state index is 12.5. The number of imidazole rings is 1. The van der Waals surface area contributed by atoms with Crippen molar-refractivity contribution in [3.63, 3.8) is 0 Å². The summed E-state index contributed by atoms with van der Waals surface area (Å²) < 4.78 is 74.6. The second kappa shape index (κ2) is 3.84. The molecule has 0 spiro atoms. The fourth-order valence-corrected chi connectivity index (χ4v) is 1.88. The van der Waals surface area contributed by atoms with Crippen LogP contribution in [0.3, 0.4) is 0 Å². The van der Waals surface area contributed by atoms with Crippen LogP contribution in [0.15, 0.2) is 17.0 Å². The maximum absolute atomic E-state index is 12.5. The molecule has 0 aromatic carbocycles. The minimum absolute atomic E-state index is 0.496. The van der Waals surface area contributed by atoms with Crippen LogP contribution in [0.4, 0.5) is 26.3 Å². The fourth-order valence-electron chi connectivity index (χ4n) is 1.26. The molecule has 2 aromatic heterocycles. The average Bonchev–Trinajstić information content (AvgIpc) is 2.59. The predicted octanol–water partition coefficient (Wildman–Crippen LogP) is 3.53. The number of hydrogen-bond donors (Lipinski definition) is 0. The second-order valence-corrected chi connectivity index (χ2v) is 4.05. The van der Waals surface area contributed by atoms with E-state index in [9.17, 15) is 26.3 Å². The number of rotatable bonds is 0. The zero-order valence-corrected chi connectivity index (χ0v) is 9.73. The van der Waals surface area contributed by atoms with Gasteiger partial charge in [-0.05, 0) is 15.9 Å². The summed E-state index contributed by atoms with van der Waals surface area (Å²) in [6.07, 6.45) is -8.31. The van der Waals surface area contributed by atoms with E-state index in [4.69, 9.17) is 0 Å². The average molecular weight is 334 g/mol. The fraction of sp³-hybridized carbons (Fsp3) is 0.250. The van der Waals surface area contributed by atoms with Gasteiger partial charge in [0.15, 0.2) is 17.0 Å². The topological polar surface area (TPSA) is 30.2 Å². The third kappa shape index (κ3) is 2.16. The van der Waals surface area contributed by atoms with Gasteiger partial charge in [0.1, 0.15) is 6.33 Å². The summed E-state index contributed by atoms with van der Waals surface area (Å²) in [5.41, 5.74) is -3.11. The molecular formula is C8H2BrF6N3. The minimum Gasteiger partial charge on any atom is -0.289 e. The lowest BCUT2D eigenvalue weighted by atomic mass is 10.4. The summed E-state index contributed by atoms with van der Waals surface area (Å²) in [6, 6.07) is 0. The molecule has 2 aromatic rings. The Morgan fingerprint density at radius 1 is 1.06 bits per heavy atom. The van der Waals surface area contributed by atoms with Gasteiger partial charge in [-0.2, -0.15) is 26.3 Å². The quantitative estimate of drug-likeness (QED) is 0.690. The van der Waals surface area contributed by atoms with Crippen LogP contribution in [0.1, 0.15) is 11.4 Å². The number of halogens is 7. The lowest BCUT2D eigenvalue weighted by molar-refractivity contribution is -0.142. The molecule has 0 aliphatic carbocycles. The molecule has 0 bridgehead atoms. The van der Waals surface area contributed by atoms with Crippen molar-refractivity contribution in [3.8, 4) is 0 Å². The van der Waals surface area contributed by atoms with Crippen molar-refractivity contribution in [1.29, 1.82) is 0 Å². The third-order valence-electron chi connectivity index (χ3n) is 2.01. The first-order valence-electron chi connectivity index (χ1n) is 4.28. The Morgan fingerprint density at radius 2 is 1.67 bits per heavy atom. The van der Waals surface area contributed by atoms with E-state index in [1.807, 2.05) is 0 Å². The van der Waals surface area contributed by atoms with Crippen LogP contribution in [-0.4, -0.2) is 14.4 Å². The third-order valence-corrected chi connectivity index (χ3v) is 2.74. The van der Waals surface area contributed by atoms with Gasteiger partial charge in [0.2, 0.25) is 0 Å². The summed E-state index contributed by atoms with van der Waals surface area (Å²) >= 11 is 2.56. The van der Waals surface area contributed by atoms with Crippen molar-refractivity contribution < 1.29 is 26.3 Å². The molecule has 2 rings (SSSR count). The highest BCUT2D eigenvalue weighted by molar-refractivity contribution is 9.10. The van der Waals surface area contributed by atoms with Crippen LogP contribution in [0, 0.1) is 0 Å². The van der Waals surface area contributed by atoms with E-state index >= 15 is 0 Å². The Hall–Kier alpha value is -1.32. The first kappa shape index (κ1) is 13.1. The van der Waals surface area contributed by atoms with Crippen LogP contribution in [0.2, 0.25) is 0 Å². The summed E-state index contributed by atoms with van der Waals surface area (Å²) in [7, 11) is 0. The lowest BCUT2D eigenvalue weighted by Gasteiger charge is -2.07. The Balaban J connectivity index is 2.69. The zero-order valence-electron chi connectivity index (χ0n) is 8.14. The van der Waals surface area contributed by atoms with Crippen molar-refractivity contribution in [2.45, 2.75) is 12.4 Å². The van der Waals surface area contributed by atoms with Gasteiger partial charge in [-0.25, -0.2) is 9.97 Å². The molecule has 0 atom stereocenters. The van der Waals surface area contributed by atoms with Crippen LogP contribution < -0.4 is 0 Å². The summed E-state index contributed by atoms with van der Waals surface area (Å²) in [5, 5.41) is 0. The normalized spacial score (nSPS) is 13.3. The Kier molecular flexibility index (Phi) is 2.80. The highest BCUT2D eigenvalue weighted by Crippen LogP contribution is 2.36. The van der Waals surface area contributed by atoms with Gasteiger partial charge in [-0.3, -0.25) is 4.40 Å². The Labute approximate surface area is 104 Å². The SMILES string of the molecule is FC(F)(F)c1cn2cnc(C(F)(F)F)c(Br)c2n1. The molecule has 0 unspecified atom stereocenters. The van der Waals surface area contributed by atoms with E-state index in [1.165, 1.54) is 0 Å². The van der Waals surface area contributed by atoms with Crippen LogP contribution >= 0.6 is 15.9 Å². The standard InChI is InChI=1S/C8H2BrF6N3/c9-4-5(8(13,14)15)16-2-18-1-3(7(10,11)12)17-6(4)18/h1-2H. The van der Waals surface area contributed by atoms with Crippen LogP contribution in [-0.2, 0) is 12.4 Å². The molecule has 0 N–H and O–H groups in total. The van der Waals surface area contributed by atoms with Crippen molar-refractivity contribution in [1.82, 2.24) is 14.4 Å². The molecule has 2 heterocycles. The Morgan fingerprint density at radius 3 is 2.17 bits per heavy atom. The van der Waals surface area contributed by atoms with Gasteiger partial charge >= 0.3 is 12.4 Å². The van der Waals surface area contributed by atoms with Gasteiger partial charge < -0.3 is 0 Å². The van der Waals surface area contributed by atoms with Crippen molar-refractivity contribution in [3.05, 3.63) is 28.4 Å².